The zero-order chi connectivity index (χ0) is 12.4. The van der Waals surface area contributed by atoms with E-state index < -0.39 is 0 Å². The molecular formula is C13H26N2OS. The largest absolute Gasteiger partial charge is 0.374 e. The highest BCUT2D eigenvalue weighted by atomic mass is 32.2. The molecule has 0 aliphatic carbocycles. The molecule has 100 valence electrons. The van der Waals surface area contributed by atoms with Gasteiger partial charge in [0.05, 0.1) is 5.60 Å². The van der Waals surface area contributed by atoms with E-state index in [0.717, 1.165) is 19.7 Å². The van der Waals surface area contributed by atoms with Gasteiger partial charge >= 0.3 is 0 Å². The topological polar surface area (TPSA) is 47.3 Å². The van der Waals surface area contributed by atoms with Gasteiger partial charge in [0, 0.05) is 30.5 Å². The summed E-state index contributed by atoms with van der Waals surface area (Å²) in [6.07, 6.45) is 4.84. The molecule has 3 atom stereocenters. The van der Waals surface area contributed by atoms with E-state index in [-0.39, 0.29) is 11.1 Å². The quantitative estimate of drug-likeness (QED) is 0.806. The molecule has 2 aliphatic heterocycles. The summed E-state index contributed by atoms with van der Waals surface area (Å²) >= 11 is 2.05. The Kier molecular flexibility index (Phi) is 4.40. The van der Waals surface area contributed by atoms with Crippen LogP contribution >= 0.6 is 11.8 Å². The minimum Gasteiger partial charge on any atom is -0.374 e. The Bertz CT molecular complexity index is 256. The predicted molar refractivity (Wildman–Crippen MR) is 74.5 cm³/mol. The van der Waals surface area contributed by atoms with Gasteiger partial charge in [-0.2, -0.15) is 11.8 Å². The maximum Gasteiger partial charge on any atom is 0.0779 e. The van der Waals surface area contributed by atoms with Gasteiger partial charge in [0.2, 0.25) is 0 Å². The average Bonchev–Trinajstić information content (AvgIpc) is 2.76. The van der Waals surface area contributed by atoms with Crippen LogP contribution in [0.2, 0.25) is 0 Å². The van der Waals surface area contributed by atoms with Crippen LogP contribution in [0.4, 0.5) is 0 Å². The minimum absolute atomic E-state index is 0.0317. The maximum atomic E-state index is 6.04. The van der Waals surface area contributed by atoms with Gasteiger partial charge in [-0.15, -0.1) is 0 Å². The second-order valence-electron chi connectivity index (χ2n) is 5.73. The first kappa shape index (κ1) is 13.7. The summed E-state index contributed by atoms with van der Waals surface area (Å²) in [7, 11) is 0. The second-order valence-corrected chi connectivity index (χ2v) is 7.18. The molecule has 0 spiro atoms. The van der Waals surface area contributed by atoms with Gasteiger partial charge in [-0.25, -0.2) is 0 Å². The Hall–Kier alpha value is 0.230. The van der Waals surface area contributed by atoms with E-state index in [0.29, 0.717) is 5.25 Å². The van der Waals surface area contributed by atoms with Gasteiger partial charge in [0.15, 0.2) is 0 Å². The van der Waals surface area contributed by atoms with E-state index >= 15 is 0 Å². The number of hydrogen-bond donors (Lipinski definition) is 2. The molecule has 3 nitrogen and oxygen atoms in total. The summed E-state index contributed by atoms with van der Waals surface area (Å²) in [5, 5.41) is 4.35. The number of rotatable bonds is 4. The Morgan fingerprint density at radius 3 is 2.82 bits per heavy atom. The SMILES string of the molecule is CC1SCCCC1(CN)NCC1(C)CCCO1. The first-order valence-electron chi connectivity index (χ1n) is 6.81. The fourth-order valence-electron chi connectivity index (χ4n) is 2.92. The van der Waals surface area contributed by atoms with Gasteiger partial charge < -0.3 is 15.8 Å². The van der Waals surface area contributed by atoms with Crippen molar-refractivity contribution in [3.8, 4) is 0 Å². The number of hydrogen-bond acceptors (Lipinski definition) is 4. The Labute approximate surface area is 109 Å². The number of nitrogens with one attached hydrogen (secondary N) is 1. The van der Waals surface area contributed by atoms with Gasteiger partial charge in [-0.05, 0) is 38.4 Å². The Balaban J connectivity index is 1.94. The highest BCUT2D eigenvalue weighted by Crippen LogP contribution is 2.34. The molecule has 17 heavy (non-hydrogen) atoms. The van der Waals surface area contributed by atoms with Crippen molar-refractivity contribution < 1.29 is 4.74 Å². The third kappa shape index (κ3) is 2.98. The molecule has 0 aromatic rings. The molecular weight excluding hydrogens is 232 g/mol. The van der Waals surface area contributed by atoms with Crippen LogP contribution in [-0.4, -0.2) is 41.8 Å². The second kappa shape index (κ2) is 5.47. The van der Waals surface area contributed by atoms with Crippen molar-refractivity contribution in [3.05, 3.63) is 0 Å². The summed E-state index contributed by atoms with van der Waals surface area (Å²) in [5.74, 6) is 1.28. The van der Waals surface area contributed by atoms with Crippen LogP contribution in [0, 0.1) is 0 Å². The standard InChI is InChI=1S/C13H26N2OS/c1-11-13(9-14,6-4-8-17-11)15-10-12(2)5-3-7-16-12/h11,15H,3-10,14H2,1-2H3. The highest BCUT2D eigenvalue weighted by Gasteiger charge is 2.40. The lowest BCUT2D eigenvalue weighted by Crippen LogP contribution is -2.61. The summed E-state index contributed by atoms with van der Waals surface area (Å²) in [6, 6.07) is 0. The number of ether oxygens (including phenoxy) is 1. The molecule has 0 aromatic carbocycles. The van der Waals surface area contributed by atoms with E-state index in [2.05, 4.69) is 19.2 Å². The monoisotopic (exact) mass is 258 g/mol. The van der Waals surface area contributed by atoms with Crippen molar-refractivity contribution in [2.75, 3.05) is 25.4 Å². The summed E-state index contributed by atoms with van der Waals surface area (Å²) in [5.41, 5.74) is 6.19. The fourth-order valence-corrected chi connectivity index (χ4v) is 4.20. The molecule has 2 heterocycles. The first-order chi connectivity index (χ1) is 8.10. The number of thioether (sulfide) groups is 1. The number of nitrogens with two attached hydrogens (primary N) is 1. The third-order valence-corrected chi connectivity index (χ3v) is 5.87. The van der Waals surface area contributed by atoms with Crippen molar-refractivity contribution in [2.45, 2.75) is 55.9 Å². The van der Waals surface area contributed by atoms with E-state index in [4.69, 9.17) is 10.5 Å². The summed E-state index contributed by atoms with van der Waals surface area (Å²) in [4.78, 5) is 0. The maximum absolute atomic E-state index is 6.04. The molecule has 0 saturated carbocycles. The molecule has 3 unspecified atom stereocenters. The smallest absolute Gasteiger partial charge is 0.0779 e. The van der Waals surface area contributed by atoms with Gasteiger partial charge in [0.25, 0.3) is 0 Å². The van der Waals surface area contributed by atoms with E-state index in [1.165, 1.54) is 31.4 Å². The molecule has 3 N–H and O–H groups in total. The van der Waals surface area contributed by atoms with Crippen molar-refractivity contribution in [1.29, 1.82) is 0 Å². The van der Waals surface area contributed by atoms with Crippen LogP contribution < -0.4 is 11.1 Å². The third-order valence-electron chi connectivity index (χ3n) is 4.39. The van der Waals surface area contributed by atoms with Crippen molar-refractivity contribution >= 4 is 11.8 Å². The van der Waals surface area contributed by atoms with E-state index in [1.54, 1.807) is 0 Å². The van der Waals surface area contributed by atoms with E-state index in [1.807, 2.05) is 11.8 Å². The molecule has 2 aliphatic rings. The Morgan fingerprint density at radius 2 is 2.24 bits per heavy atom. The van der Waals surface area contributed by atoms with Crippen LogP contribution in [0.15, 0.2) is 0 Å². The Morgan fingerprint density at radius 1 is 1.41 bits per heavy atom. The molecule has 0 amide bonds. The van der Waals surface area contributed by atoms with Crippen molar-refractivity contribution in [3.63, 3.8) is 0 Å². The lowest BCUT2D eigenvalue weighted by molar-refractivity contribution is 0.0136. The lowest BCUT2D eigenvalue weighted by atomic mass is 9.88. The molecule has 2 rings (SSSR count). The normalized spacial score (nSPS) is 42.9. The minimum atomic E-state index is 0.0317. The van der Waals surface area contributed by atoms with Crippen molar-refractivity contribution in [2.24, 2.45) is 5.73 Å². The molecule has 0 radical (unpaired) electrons. The summed E-state index contributed by atoms with van der Waals surface area (Å²) in [6.45, 7) is 7.11. The average molecular weight is 258 g/mol. The summed E-state index contributed by atoms with van der Waals surface area (Å²) < 4.78 is 5.85. The van der Waals surface area contributed by atoms with Crippen LogP contribution in [-0.2, 0) is 4.74 Å². The lowest BCUT2D eigenvalue weighted by Gasteiger charge is -2.44. The molecule has 4 heteroatoms. The van der Waals surface area contributed by atoms with Crippen LogP contribution in [0.5, 0.6) is 0 Å². The van der Waals surface area contributed by atoms with Crippen molar-refractivity contribution in [1.82, 2.24) is 5.32 Å². The fraction of sp³-hybridized carbons (Fsp3) is 1.00. The van der Waals surface area contributed by atoms with Gasteiger partial charge in [-0.1, -0.05) is 6.92 Å². The van der Waals surface area contributed by atoms with Gasteiger partial charge in [-0.3, -0.25) is 0 Å². The predicted octanol–water partition coefficient (Wildman–Crippen LogP) is 1.76. The first-order valence-corrected chi connectivity index (χ1v) is 7.86. The molecule has 0 aromatic heterocycles. The van der Waals surface area contributed by atoms with Crippen LogP contribution in [0.25, 0.3) is 0 Å². The molecule has 2 fully saturated rings. The highest BCUT2D eigenvalue weighted by molar-refractivity contribution is 8.00. The van der Waals surface area contributed by atoms with E-state index in [9.17, 15) is 0 Å². The zero-order valence-corrected chi connectivity index (χ0v) is 11.9. The zero-order valence-electron chi connectivity index (χ0n) is 11.1. The van der Waals surface area contributed by atoms with Crippen LogP contribution in [0.3, 0.4) is 0 Å². The molecule has 0 bridgehead atoms. The van der Waals surface area contributed by atoms with Gasteiger partial charge in [0.1, 0.15) is 0 Å². The molecule has 2 saturated heterocycles. The van der Waals surface area contributed by atoms with Crippen LogP contribution in [0.1, 0.15) is 39.5 Å².